The number of ether oxygens (including phenoxy) is 2. The minimum atomic E-state index is 0. The third kappa shape index (κ3) is 4.74. The Balaban J connectivity index is 0. The molecule has 0 heterocycles. The molecule has 0 aliphatic rings. The van der Waals surface area contributed by atoms with Gasteiger partial charge in [-0.1, -0.05) is 6.07 Å². The van der Waals surface area contributed by atoms with Gasteiger partial charge in [-0.25, -0.2) is 0 Å². The summed E-state index contributed by atoms with van der Waals surface area (Å²) >= 11 is 0. The van der Waals surface area contributed by atoms with E-state index in [-0.39, 0.29) is 61.7 Å². The Morgan fingerprint density at radius 1 is 1.08 bits per heavy atom. The van der Waals surface area contributed by atoms with Gasteiger partial charge in [0.15, 0.2) is 0 Å². The second-order valence-electron chi connectivity index (χ2n) is 1.79. The van der Waals surface area contributed by atoms with Crippen LogP contribution in [0.25, 0.3) is 0 Å². The molecule has 4 heteroatoms. The quantitative estimate of drug-likeness (QED) is 0.362. The summed E-state index contributed by atoms with van der Waals surface area (Å²) in [4.78, 5) is 0. The zero-order chi connectivity index (χ0) is 7.40. The SMILES string of the molecule is COc1[c-]c(OC)ccc1.[Ca+2].[I-]. The van der Waals surface area contributed by atoms with Crippen molar-refractivity contribution in [3.63, 3.8) is 0 Å². The van der Waals surface area contributed by atoms with Crippen LogP contribution in [0, 0.1) is 6.07 Å². The number of hydrogen-bond donors (Lipinski definition) is 0. The fourth-order valence-corrected chi connectivity index (χ4v) is 0.666. The standard InChI is InChI=1S/C8H9O2.Ca.HI/c1-9-7-4-3-5-8(6-7)10-2;;/h3-5H,1-2H3;;1H/q-1;+2;/p-1. The average Bonchev–Trinajstić information content (AvgIpc) is 2.05. The molecule has 0 aliphatic carbocycles. The van der Waals surface area contributed by atoms with Crippen LogP contribution in [0.2, 0.25) is 0 Å². The smallest absolute Gasteiger partial charge is 1.00 e. The van der Waals surface area contributed by atoms with Gasteiger partial charge in [0.05, 0.1) is 14.2 Å². The van der Waals surface area contributed by atoms with Gasteiger partial charge in [-0.15, -0.1) is 12.1 Å². The van der Waals surface area contributed by atoms with Crippen LogP contribution in [0.3, 0.4) is 0 Å². The minimum absolute atomic E-state index is 0. The Labute approximate surface area is 120 Å². The topological polar surface area (TPSA) is 18.5 Å². The van der Waals surface area contributed by atoms with Crippen LogP contribution >= 0.6 is 0 Å². The van der Waals surface area contributed by atoms with Crippen molar-refractivity contribution in [2.45, 2.75) is 0 Å². The summed E-state index contributed by atoms with van der Waals surface area (Å²) in [5.74, 6) is 1.39. The molecule has 2 nitrogen and oxygen atoms in total. The summed E-state index contributed by atoms with van der Waals surface area (Å²) in [6.45, 7) is 0. The first-order valence-electron chi connectivity index (χ1n) is 2.97. The summed E-state index contributed by atoms with van der Waals surface area (Å²) in [6, 6.07) is 8.40. The summed E-state index contributed by atoms with van der Waals surface area (Å²) in [7, 11) is 3.20. The third-order valence-electron chi connectivity index (χ3n) is 1.18. The number of halogens is 1. The first-order chi connectivity index (χ1) is 4.86. The molecule has 0 fully saturated rings. The van der Waals surface area contributed by atoms with E-state index in [2.05, 4.69) is 6.07 Å². The number of hydrogen-bond acceptors (Lipinski definition) is 2. The largest absolute Gasteiger partial charge is 2.00 e. The van der Waals surface area contributed by atoms with Crippen molar-refractivity contribution in [1.82, 2.24) is 0 Å². The van der Waals surface area contributed by atoms with Crippen molar-refractivity contribution in [2.24, 2.45) is 0 Å². The van der Waals surface area contributed by atoms with Gasteiger partial charge in [0.2, 0.25) is 0 Å². The summed E-state index contributed by atoms with van der Waals surface area (Å²) in [5.41, 5.74) is 0. The normalized spacial score (nSPS) is 7.50. The molecule has 0 amide bonds. The Morgan fingerprint density at radius 3 is 1.83 bits per heavy atom. The molecule has 0 aromatic heterocycles. The van der Waals surface area contributed by atoms with E-state index in [0.29, 0.717) is 11.5 Å². The van der Waals surface area contributed by atoms with Crippen molar-refractivity contribution >= 4 is 37.7 Å². The summed E-state index contributed by atoms with van der Waals surface area (Å²) in [5, 5.41) is 0. The predicted octanol–water partition coefficient (Wildman–Crippen LogP) is -1.87. The fourth-order valence-electron chi connectivity index (χ4n) is 0.666. The molecule has 1 rings (SSSR count). The summed E-state index contributed by atoms with van der Waals surface area (Å²) in [6.07, 6.45) is 0. The van der Waals surface area contributed by atoms with Crippen LogP contribution in [-0.4, -0.2) is 52.0 Å². The van der Waals surface area contributed by atoms with Gasteiger partial charge in [0.25, 0.3) is 0 Å². The van der Waals surface area contributed by atoms with E-state index in [1.165, 1.54) is 0 Å². The molecule has 1 aromatic carbocycles. The second-order valence-corrected chi connectivity index (χ2v) is 1.79. The van der Waals surface area contributed by atoms with Gasteiger partial charge in [0, 0.05) is 11.5 Å². The molecule has 1 aromatic rings. The zero-order valence-electron chi connectivity index (χ0n) is 7.13. The van der Waals surface area contributed by atoms with Gasteiger partial charge in [-0.05, 0) is 0 Å². The fraction of sp³-hybridized carbons (Fsp3) is 0.250. The molecule has 0 atom stereocenters. The van der Waals surface area contributed by atoms with E-state index < -0.39 is 0 Å². The maximum atomic E-state index is 4.92. The molecule has 0 bridgehead atoms. The zero-order valence-corrected chi connectivity index (χ0v) is 11.5. The molecule has 0 spiro atoms. The van der Waals surface area contributed by atoms with E-state index in [4.69, 9.17) is 9.47 Å². The van der Waals surface area contributed by atoms with Crippen molar-refractivity contribution in [3.05, 3.63) is 24.3 Å². The molecular weight excluding hydrogens is 295 g/mol. The molecule has 62 valence electrons. The molecule has 0 radical (unpaired) electrons. The Kier molecular flexibility index (Phi) is 10.7. The van der Waals surface area contributed by atoms with Crippen molar-refractivity contribution < 1.29 is 33.5 Å². The maximum Gasteiger partial charge on any atom is 2.00 e. The molecule has 0 saturated heterocycles. The van der Waals surface area contributed by atoms with E-state index in [1.807, 2.05) is 18.2 Å². The van der Waals surface area contributed by atoms with Crippen molar-refractivity contribution in [1.29, 1.82) is 0 Å². The van der Waals surface area contributed by atoms with Gasteiger partial charge in [-0.3, -0.25) is 0 Å². The number of benzene rings is 1. The minimum Gasteiger partial charge on any atom is -1.00 e. The van der Waals surface area contributed by atoms with Gasteiger partial charge < -0.3 is 33.5 Å². The van der Waals surface area contributed by atoms with Crippen LogP contribution in [0.1, 0.15) is 0 Å². The monoisotopic (exact) mass is 304 g/mol. The van der Waals surface area contributed by atoms with Crippen LogP contribution in [0.4, 0.5) is 0 Å². The predicted molar refractivity (Wildman–Crippen MR) is 44.1 cm³/mol. The van der Waals surface area contributed by atoms with Crippen LogP contribution in [-0.2, 0) is 0 Å². The van der Waals surface area contributed by atoms with E-state index in [1.54, 1.807) is 14.2 Å². The molecule has 0 saturated carbocycles. The second kappa shape index (κ2) is 8.41. The van der Waals surface area contributed by atoms with Crippen LogP contribution < -0.4 is 33.5 Å². The van der Waals surface area contributed by atoms with E-state index in [0.717, 1.165) is 0 Å². The van der Waals surface area contributed by atoms with Gasteiger partial charge >= 0.3 is 37.7 Å². The Hall–Kier alpha value is 0.810. The first-order valence-corrected chi connectivity index (χ1v) is 2.97. The summed E-state index contributed by atoms with van der Waals surface area (Å²) < 4.78 is 9.84. The van der Waals surface area contributed by atoms with E-state index in [9.17, 15) is 0 Å². The first kappa shape index (κ1) is 15.3. The molecule has 12 heavy (non-hydrogen) atoms. The average molecular weight is 304 g/mol. The molecular formula is C8H9CaIO2. The number of methoxy groups -OCH3 is 2. The van der Waals surface area contributed by atoms with Crippen molar-refractivity contribution in [2.75, 3.05) is 14.2 Å². The van der Waals surface area contributed by atoms with E-state index >= 15 is 0 Å². The third-order valence-corrected chi connectivity index (χ3v) is 1.18. The van der Waals surface area contributed by atoms with Gasteiger partial charge in [0.1, 0.15) is 0 Å². The molecule has 0 N–H and O–H groups in total. The molecule has 0 aliphatic heterocycles. The van der Waals surface area contributed by atoms with Crippen LogP contribution in [0.5, 0.6) is 11.5 Å². The Bertz CT molecular complexity index is 199. The van der Waals surface area contributed by atoms with Crippen molar-refractivity contribution in [3.8, 4) is 11.5 Å². The Morgan fingerprint density at radius 2 is 1.50 bits per heavy atom. The van der Waals surface area contributed by atoms with Crippen LogP contribution in [0.15, 0.2) is 18.2 Å². The number of rotatable bonds is 2. The molecule has 0 unspecified atom stereocenters. The maximum absolute atomic E-state index is 4.92. The van der Waals surface area contributed by atoms with Gasteiger partial charge in [-0.2, -0.15) is 6.07 Å².